The molecule has 0 bridgehead atoms. The van der Waals surface area contributed by atoms with Crippen molar-refractivity contribution in [2.45, 2.75) is 92.0 Å². The molecule has 0 heterocycles. The molecule has 0 spiro atoms. The number of alkyl carbamates (subject to hydrolysis) is 1. The topological polar surface area (TPSA) is 64.6 Å². The summed E-state index contributed by atoms with van der Waals surface area (Å²) in [7, 11) is 0. The molecule has 0 saturated carbocycles. The van der Waals surface area contributed by atoms with Crippen molar-refractivity contribution in [2.24, 2.45) is 11.8 Å². The Morgan fingerprint density at radius 3 is 1.92 bits per heavy atom. The number of unbranched alkanes of at least 4 members (excludes halogenated alkanes) is 7. The Balaban J connectivity index is 3.92. The van der Waals surface area contributed by atoms with Crippen LogP contribution in [0.15, 0.2) is 0 Å². The van der Waals surface area contributed by atoms with Gasteiger partial charge in [0.25, 0.3) is 0 Å². The molecule has 0 aliphatic heterocycles. The molecule has 1 atom stereocenters. The largest absolute Gasteiger partial charge is 0.464 e. The predicted octanol–water partition coefficient (Wildman–Crippen LogP) is 5.08. The summed E-state index contributed by atoms with van der Waals surface area (Å²) in [4.78, 5) is 23.9. The molecule has 5 nitrogen and oxygen atoms in total. The van der Waals surface area contributed by atoms with Gasteiger partial charge >= 0.3 is 12.1 Å². The number of rotatable bonds is 14. The van der Waals surface area contributed by atoms with E-state index in [0.717, 1.165) is 12.8 Å². The Kier molecular flexibility index (Phi) is 14.3. The third-order valence-corrected chi connectivity index (χ3v) is 3.98. The number of hydrogen-bond acceptors (Lipinski definition) is 4. The van der Waals surface area contributed by atoms with Crippen LogP contribution in [0.4, 0.5) is 4.79 Å². The third-order valence-electron chi connectivity index (χ3n) is 3.98. The zero-order chi connectivity index (χ0) is 19.1. The van der Waals surface area contributed by atoms with Crippen LogP contribution in [0.5, 0.6) is 0 Å². The summed E-state index contributed by atoms with van der Waals surface area (Å²) in [5.41, 5.74) is 0. The monoisotopic (exact) mass is 357 g/mol. The van der Waals surface area contributed by atoms with Gasteiger partial charge in [0.15, 0.2) is 0 Å². The van der Waals surface area contributed by atoms with Crippen LogP contribution in [0.1, 0.15) is 86.0 Å². The zero-order valence-corrected chi connectivity index (χ0v) is 16.9. The Hall–Kier alpha value is -1.26. The van der Waals surface area contributed by atoms with Crippen molar-refractivity contribution in [1.29, 1.82) is 0 Å². The summed E-state index contributed by atoms with van der Waals surface area (Å²) < 4.78 is 10.4. The van der Waals surface area contributed by atoms with Crippen molar-refractivity contribution in [3.05, 3.63) is 0 Å². The first-order valence-corrected chi connectivity index (χ1v) is 9.98. The van der Waals surface area contributed by atoms with Gasteiger partial charge in [0.1, 0.15) is 6.04 Å². The molecule has 0 unspecified atom stereocenters. The fraction of sp³-hybridized carbons (Fsp3) is 0.900. The molecule has 1 N–H and O–H groups in total. The van der Waals surface area contributed by atoms with Crippen molar-refractivity contribution >= 4 is 12.1 Å². The second kappa shape index (κ2) is 15.0. The smallest absolute Gasteiger partial charge is 0.407 e. The molecule has 0 aliphatic rings. The molecule has 0 rings (SSSR count). The quantitative estimate of drug-likeness (QED) is 0.348. The number of nitrogens with one attached hydrogen (secondary N) is 1. The average molecular weight is 358 g/mol. The number of esters is 1. The number of ether oxygens (including phenoxy) is 2. The van der Waals surface area contributed by atoms with Crippen LogP contribution < -0.4 is 5.32 Å². The maximum absolute atomic E-state index is 12.2. The summed E-state index contributed by atoms with van der Waals surface area (Å²) in [5.74, 6) is -0.158. The van der Waals surface area contributed by atoms with Crippen molar-refractivity contribution in [1.82, 2.24) is 5.32 Å². The molecule has 0 radical (unpaired) electrons. The first-order chi connectivity index (χ1) is 11.9. The van der Waals surface area contributed by atoms with Crippen LogP contribution in [0.25, 0.3) is 0 Å². The molecule has 0 aliphatic carbocycles. The number of amides is 1. The van der Waals surface area contributed by atoms with E-state index in [1.807, 2.05) is 27.7 Å². The van der Waals surface area contributed by atoms with E-state index in [1.54, 1.807) is 0 Å². The maximum Gasteiger partial charge on any atom is 0.407 e. The summed E-state index contributed by atoms with van der Waals surface area (Å²) in [5, 5.41) is 2.62. The Labute approximate surface area is 154 Å². The molecule has 25 heavy (non-hydrogen) atoms. The lowest BCUT2D eigenvalue weighted by Gasteiger charge is -2.21. The minimum absolute atomic E-state index is 0.0438. The zero-order valence-electron chi connectivity index (χ0n) is 16.9. The van der Waals surface area contributed by atoms with Crippen molar-refractivity contribution < 1.29 is 19.1 Å². The van der Waals surface area contributed by atoms with E-state index >= 15 is 0 Å². The lowest BCUT2D eigenvalue weighted by Crippen LogP contribution is -2.45. The number of carbonyl (C=O) groups excluding carboxylic acids is 2. The molecule has 0 aromatic rings. The van der Waals surface area contributed by atoms with E-state index in [1.165, 1.54) is 38.5 Å². The highest BCUT2D eigenvalue weighted by molar-refractivity contribution is 5.81. The lowest BCUT2D eigenvalue weighted by atomic mass is 10.1. The van der Waals surface area contributed by atoms with Gasteiger partial charge in [-0.1, -0.05) is 79.6 Å². The van der Waals surface area contributed by atoms with Gasteiger partial charge in [-0.05, 0) is 18.3 Å². The van der Waals surface area contributed by atoms with E-state index in [4.69, 9.17) is 9.47 Å². The summed E-state index contributed by atoms with van der Waals surface area (Å²) in [6.45, 7) is 10.7. The SMILES string of the molecule is CCCCCCCCCCOC(=O)[C@@H](NC(=O)OCC(C)C)C(C)C. The predicted molar refractivity (Wildman–Crippen MR) is 102 cm³/mol. The highest BCUT2D eigenvalue weighted by Gasteiger charge is 2.26. The Morgan fingerprint density at radius 2 is 1.40 bits per heavy atom. The van der Waals surface area contributed by atoms with Crippen molar-refractivity contribution in [3.8, 4) is 0 Å². The van der Waals surface area contributed by atoms with Crippen LogP contribution in [-0.2, 0) is 14.3 Å². The van der Waals surface area contributed by atoms with Gasteiger partial charge in [-0.15, -0.1) is 0 Å². The Bertz CT molecular complexity index is 356. The van der Waals surface area contributed by atoms with E-state index in [9.17, 15) is 9.59 Å². The van der Waals surface area contributed by atoms with Crippen LogP contribution in [0.2, 0.25) is 0 Å². The summed E-state index contributed by atoms with van der Waals surface area (Å²) >= 11 is 0. The normalized spacial score (nSPS) is 12.3. The van der Waals surface area contributed by atoms with Crippen LogP contribution in [0.3, 0.4) is 0 Å². The van der Waals surface area contributed by atoms with Gasteiger partial charge in [-0.25, -0.2) is 9.59 Å². The molecular formula is C20H39NO4. The molecule has 0 saturated heterocycles. The van der Waals surface area contributed by atoms with Gasteiger partial charge in [0, 0.05) is 0 Å². The first-order valence-electron chi connectivity index (χ1n) is 9.98. The molecule has 1 amide bonds. The van der Waals surface area contributed by atoms with Crippen LogP contribution in [-0.4, -0.2) is 31.3 Å². The fourth-order valence-corrected chi connectivity index (χ4v) is 2.41. The van der Waals surface area contributed by atoms with E-state index < -0.39 is 12.1 Å². The fourth-order valence-electron chi connectivity index (χ4n) is 2.41. The van der Waals surface area contributed by atoms with Crippen LogP contribution >= 0.6 is 0 Å². The van der Waals surface area contributed by atoms with Gasteiger partial charge in [-0.3, -0.25) is 0 Å². The Morgan fingerprint density at radius 1 is 0.840 bits per heavy atom. The average Bonchev–Trinajstić information content (AvgIpc) is 2.55. The van der Waals surface area contributed by atoms with E-state index in [-0.39, 0.29) is 17.8 Å². The minimum atomic E-state index is -0.659. The molecule has 0 aromatic heterocycles. The summed E-state index contributed by atoms with van der Waals surface area (Å²) in [6.07, 6.45) is 9.05. The van der Waals surface area contributed by atoms with E-state index in [2.05, 4.69) is 12.2 Å². The first kappa shape index (κ1) is 23.7. The molecule has 148 valence electrons. The number of hydrogen-bond donors (Lipinski definition) is 1. The molecule has 5 heteroatoms. The number of carbonyl (C=O) groups is 2. The lowest BCUT2D eigenvalue weighted by molar-refractivity contribution is -0.147. The van der Waals surface area contributed by atoms with Gasteiger partial charge in [0.05, 0.1) is 13.2 Å². The van der Waals surface area contributed by atoms with Crippen LogP contribution in [0, 0.1) is 11.8 Å². The second-order valence-electron chi connectivity index (χ2n) is 7.50. The third kappa shape index (κ3) is 13.7. The van der Waals surface area contributed by atoms with Gasteiger partial charge in [0.2, 0.25) is 0 Å². The highest BCUT2D eigenvalue weighted by Crippen LogP contribution is 2.09. The molecular weight excluding hydrogens is 318 g/mol. The van der Waals surface area contributed by atoms with Gasteiger partial charge < -0.3 is 14.8 Å². The molecule has 0 aromatic carbocycles. The highest BCUT2D eigenvalue weighted by atomic mass is 16.6. The van der Waals surface area contributed by atoms with E-state index in [0.29, 0.717) is 13.2 Å². The van der Waals surface area contributed by atoms with Crippen molar-refractivity contribution in [2.75, 3.05) is 13.2 Å². The standard InChI is InChI=1S/C20H39NO4/c1-6-7-8-9-10-11-12-13-14-24-19(22)18(17(4)5)21-20(23)25-15-16(2)3/h16-18H,6-15H2,1-5H3,(H,21,23)/t18-/m0/s1. The molecule has 0 fully saturated rings. The van der Waals surface area contributed by atoms with Crippen molar-refractivity contribution in [3.63, 3.8) is 0 Å². The van der Waals surface area contributed by atoms with Gasteiger partial charge in [-0.2, -0.15) is 0 Å². The maximum atomic E-state index is 12.2. The summed E-state index contributed by atoms with van der Waals surface area (Å²) in [6, 6.07) is -0.659. The second-order valence-corrected chi connectivity index (χ2v) is 7.50. The minimum Gasteiger partial charge on any atom is -0.464 e.